The summed E-state index contributed by atoms with van der Waals surface area (Å²) in [5, 5.41) is 2.83. The quantitative estimate of drug-likeness (QED) is 0.808. The lowest BCUT2D eigenvalue weighted by Gasteiger charge is -2.28. The average molecular weight is 344 g/mol. The van der Waals surface area contributed by atoms with E-state index >= 15 is 0 Å². The third-order valence-corrected chi connectivity index (χ3v) is 5.31. The smallest absolute Gasteiger partial charge is 0.228 e. The predicted molar refractivity (Wildman–Crippen MR) is 97.0 cm³/mol. The molecule has 1 saturated heterocycles. The molecule has 0 atom stereocenters. The van der Waals surface area contributed by atoms with Crippen LogP contribution in [0.2, 0.25) is 0 Å². The van der Waals surface area contributed by atoms with Crippen molar-refractivity contribution in [2.75, 3.05) is 33.2 Å². The second-order valence-corrected chi connectivity index (χ2v) is 7.11. The van der Waals surface area contributed by atoms with Crippen molar-refractivity contribution in [1.29, 1.82) is 0 Å². The first-order valence-electron chi connectivity index (χ1n) is 8.54. The van der Waals surface area contributed by atoms with Crippen LogP contribution in [0.5, 0.6) is 0 Å². The molecular weight excluding hydrogens is 320 g/mol. The van der Waals surface area contributed by atoms with Crippen LogP contribution in [0.4, 0.5) is 0 Å². The van der Waals surface area contributed by atoms with E-state index in [2.05, 4.69) is 14.9 Å². The van der Waals surface area contributed by atoms with Crippen molar-refractivity contribution in [3.63, 3.8) is 0 Å². The van der Waals surface area contributed by atoms with Crippen molar-refractivity contribution in [2.24, 2.45) is 0 Å². The minimum atomic E-state index is 0.130. The van der Waals surface area contributed by atoms with Crippen LogP contribution in [-0.4, -0.2) is 58.9 Å². The first-order chi connectivity index (χ1) is 11.7. The monoisotopic (exact) mass is 344 g/mol. The summed E-state index contributed by atoms with van der Waals surface area (Å²) in [5.41, 5.74) is 1.69. The molecule has 1 aliphatic heterocycles. The molecule has 0 aromatic carbocycles. The molecule has 1 aliphatic rings. The second-order valence-electron chi connectivity index (χ2n) is 6.25. The molecule has 3 rings (SSSR count). The molecule has 6 heteroatoms. The second kappa shape index (κ2) is 8.35. The van der Waals surface area contributed by atoms with Gasteiger partial charge in [-0.3, -0.25) is 9.78 Å². The number of amides is 1. The van der Waals surface area contributed by atoms with Crippen LogP contribution in [0, 0.1) is 0 Å². The molecule has 2 aromatic heterocycles. The maximum absolute atomic E-state index is 12.4. The van der Waals surface area contributed by atoms with Crippen LogP contribution < -0.4 is 0 Å². The molecule has 5 nitrogen and oxygen atoms in total. The molecule has 0 aliphatic carbocycles. The van der Waals surface area contributed by atoms with E-state index < -0.39 is 0 Å². The molecule has 3 heterocycles. The Kier molecular flexibility index (Phi) is 5.93. The number of carbonyl (C=O) groups excluding carboxylic acids is 1. The summed E-state index contributed by atoms with van der Waals surface area (Å²) in [5.74, 6) is 0.130. The van der Waals surface area contributed by atoms with Crippen LogP contribution in [-0.2, 0) is 11.2 Å². The van der Waals surface area contributed by atoms with Crippen LogP contribution in [0.3, 0.4) is 0 Å². The van der Waals surface area contributed by atoms with Crippen molar-refractivity contribution in [2.45, 2.75) is 25.7 Å². The molecule has 0 saturated carbocycles. The van der Waals surface area contributed by atoms with Crippen molar-refractivity contribution in [3.05, 3.63) is 35.5 Å². The molecule has 0 radical (unpaired) electrons. The van der Waals surface area contributed by atoms with Gasteiger partial charge in [0.1, 0.15) is 5.01 Å². The fraction of sp³-hybridized carbons (Fsp3) is 0.500. The Balaban J connectivity index is 1.50. The number of piperidine rings is 1. The molecule has 1 fully saturated rings. The minimum Gasteiger partial charge on any atom is -0.344 e. The maximum Gasteiger partial charge on any atom is 0.228 e. The lowest BCUT2D eigenvalue weighted by atomic mass is 10.1. The molecule has 0 unspecified atom stereocenters. The zero-order chi connectivity index (χ0) is 16.8. The number of thiazole rings is 1. The number of rotatable bonds is 6. The Morgan fingerprint density at radius 1 is 1.29 bits per heavy atom. The fourth-order valence-corrected chi connectivity index (χ4v) is 3.68. The Labute approximate surface area is 147 Å². The van der Waals surface area contributed by atoms with Crippen molar-refractivity contribution in [3.8, 4) is 10.7 Å². The molecule has 0 N–H and O–H groups in total. The SMILES string of the molecule is CN(CCN1CCCCC1)C(=O)Cc1csc(-c2ccccn2)n1. The summed E-state index contributed by atoms with van der Waals surface area (Å²) in [6, 6.07) is 5.77. The number of likely N-dealkylation sites (N-methyl/N-ethyl adjacent to an activating group) is 1. The number of pyridine rings is 1. The van der Waals surface area contributed by atoms with E-state index in [1.54, 1.807) is 6.20 Å². The summed E-state index contributed by atoms with van der Waals surface area (Å²) in [4.78, 5) is 25.5. The number of hydrogen-bond acceptors (Lipinski definition) is 5. The lowest BCUT2D eigenvalue weighted by Crippen LogP contribution is -2.39. The Morgan fingerprint density at radius 3 is 2.88 bits per heavy atom. The molecular formula is C18H24N4OS. The van der Waals surface area contributed by atoms with Gasteiger partial charge < -0.3 is 9.80 Å². The van der Waals surface area contributed by atoms with E-state index in [9.17, 15) is 4.79 Å². The summed E-state index contributed by atoms with van der Waals surface area (Å²) >= 11 is 1.54. The molecule has 0 bridgehead atoms. The minimum absolute atomic E-state index is 0.130. The number of carbonyl (C=O) groups is 1. The van der Waals surface area contributed by atoms with Gasteiger partial charge in [-0.15, -0.1) is 11.3 Å². The highest BCUT2D eigenvalue weighted by Gasteiger charge is 2.15. The number of likely N-dealkylation sites (tertiary alicyclic amines) is 1. The van der Waals surface area contributed by atoms with Crippen LogP contribution >= 0.6 is 11.3 Å². The Morgan fingerprint density at radius 2 is 2.12 bits per heavy atom. The molecule has 1 amide bonds. The van der Waals surface area contributed by atoms with Crippen molar-refractivity contribution in [1.82, 2.24) is 19.8 Å². The van der Waals surface area contributed by atoms with Gasteiger partial charge in [-0.1, -0.05) is 12.5 Å². The fourth-order valence-electron chi connectivity index (χ4n) is 2.88. The number of hydrogen-bond donors (Lipinski definition) is 0. The van der Waals surface area contributed by atoms with Gasteiger partial charge in [-0.2, -0.15) is 0 Å². The average Bonchev–Trinajstić information content (AvgIpc) is 3.10. The van der Waals surface area contributed by atoms with Crippen LogP contribution in [0.25, 0.3) is 10.7 Å². The van der Waals surface area contributed by atoms with Crippen LogP contribution in [0.1, 0.15) is 25.0 Å². The van der Waals surface area contributed by atoms with Crippen molar-refractivity contribution < 1.29 is 4.79 Å². The lowest BCUT2D eigenvalue weighted by molar-refractivity contribution is -0.129. The molecule has 128 valence electrons. The van der Waals surface area contributed by atoms with E-state index in [1.165, 1.54) is 43.7 Å². The first kappa shape index (κ1) is 17.0. The maximum atomic E-state index is 12.4. The largest absolute Gasteiger partial charge is 0.344 e. The van der Waals surface area contributed by atoms with Crippen LogP contribution in [0.15, 0.2) is 29.8 Å². The highest BCUT2D eigenvalue weighted by atomic mass is 32.1. The van der Waals surface area contributed by atoms with Gasteiger partial charge in [0.05, 0.1) is 17.8 Å². The molecule has 0 spiro atoms. The van der Waals surface area contributed by atoms with E-state index in [0.717, 1.165) is 29.5 Å². The molecule has 24 heavy (non-hydrogen) atoms. The standard InChI is InChI=1S/C18H24N4OS/c1-21(11-12-22-9-5-2-6-10-22)17(23)13-15-14-24-18(20-15)16-7-3-4-8-19-16/h3-4,7-8,14H,2,5-6,9-13H2,1H3. The zero-order valence-electron chi connectivity index (χ0n) is 14.1. The van der Waals surface area contributed by atoms with E-state index in [1.807, 2.05) is 35.5 Å². The summed E-state index contributed by atoms with van der Waals surface area (Å²) < 4.78 is 0. The Hall–Kier alpha value is -1.79. The van der Waals surface area contributed by atoms with Gasteiger partial charge in [0.25, 0.3) is 0 Å². The summed E-state index contributed by atoms with van der Waals surface area (Å²) in [6.07, 6.45) is 6.03. The third kappa shape index (κ3) is 4.61. The normalized spacial score (nSPS) is 15.4. The summed E-state index contributed by atoms with van der Waals surface area (Å²) in [7, 11) is 1.89. The topological polar surface area (TPSA) is 49.3 Å². The summed E-state index contributed by atoms with van der Waals surface area (Å²) in [6.45, 7) is 4.09. The molecule has 2 aromatic rings. The highest BCUT2D eigenvalue weighted by molar-refractivity contribution is 7.13. The van der Waals surface area contributed by atoms with E-state index in [-0.39, 0.29) is 5.91 Å². The van der Waals surface area contributed by atoms with E-state index in [4.69, 9.17) is 0 Å². The zero-order valence-corrected chi connectivity index (χ0v) is 15.0. The number of aromatic nitrogens is 2. The predicted octanol–water partition coefficient (Wildman–Crippen LogP) is 2.69. The highest BCUT2D eigenvalue weighted by Crippen LogP contribution is 2.21. The van der Waals surface area contributed by atoms with Gasteiger partial charge in [-0.05, 0) is 38.1 Å². The van der Waals surface area contributed by atoms with Gasteiger partial charge in [-0.25, -0.2) is 4.98 Å². The third-order valence-electron chi connectivity index (χ3n) is 4.39. The van der Waals surface area contributed by atoms with Crippen molar-refractivity contribution >= 4 is 17.2 Å². The van der Waals surface area contributed by atoms with Gasteiger partial charge in [0.15, 0.2) is 0 Å². The first-order valence-corrected chi connectivity index (χ1v) is 9.42. The number of nitrogens with zero attached hydrogens (tertiary/aromatic N) is 4. The van der Waals surface area contributed by atoms with Gasteiger partial charge in [0, 0.05) is 31.7 Å². The van der Waals surface area contributed by atoms with Gasteiger partial charge >= 0.3 is 0 Å². The van der Waals surface area contributed by atoms with Gasteiger partial charge in [0.2, 0.25) is 5.91 Å². The van der Waals surface area contributed by atoms with E-state index in [0.29, 0.717) is 6.42 Å². The Bertz CT molecular complexity index is 652.